The van der Waals surface area contributed by atoms with Crippen LogP contribution in [0.3, 0.4) is 0 Å². The first-order chi connectivity index (χ1) is 11.0. The Labute approximate surface area is 135 Å². The molecule has 0 unspecified atom stereocenters. The summed E-state index contributed by atoms with van der Waals surface area (Å²) in [4.78, 5) is 30.5. The Morgan fingerprint density at radius 2 is 2.22 bits per heavy atom. The fraction of sp³-hybridized carbons (Fsp3) is 0.214. The Hall–Kier alpha value is -2.39. The van der Waals surface area contributed by atoms with Crippen LogP contribution in [0, 0.1) is 5.82 Å². The van der Waals surface area contributed by atoms with Gasteiger partial charge in [-0.2, -0.15) is 0 Å². The van der Waals surface area contributed by atoms with Crippen LogP contribution in [-0.4, -0.2) is 35.3 Å². The highest BCUT2D eigenvalue weighted by Crippen LogP contribution is 2.17. The summed E-state index contributed by atoms with van der Waals surface area (Å²) >= 11 is 1.26. The molecule has 9 heteroatoms. The summed E-state index contributed by atoms with van der Waals surface area (Å²) in [6.07, 6.45) is 0. The predicted octanol–water partition coefficient (Wildman–Crippen LogP) is 1.48. The monoisotopic (exact) mass is 338 g/mol. The lowest BCUT2D eigenvalue weighted by Gasteiger charge is -2.08. The molecule has 4 N–H and O–H groups in total. The number of amides is 1. The van der Waals surface area contributed by atoms with E-state index in [4.69, 9.17) is 10.5 Å². The van der Waals surface area contributed by atoms with Gasteiger partial charge in [0.1, 0.15) is 11.5 Å². The summed E-state index contributed by atoms with van der Waals surface area (Å²) in [5.41, 5.74) is 4.69. The van der Waals surface area contributed by atoms with Crippen LogP contribution in [0.2, 0.25) is 0 Å². The van der Waals surface area contributed by atoms with Crippen molar-refractivity contribution in [3.8, 4) is 0 Å². The standard InChI is InChI=1S/C14H15FN4O3S/c1-22-6-7-23-14-18-11(16)10(13(21)19-14)17-12(20)8-4-2-3-5-9(8)15/h2-5H,6-7H2,1H3,(H,17,20)(H3,16,18,19,21). The lowest BCUT2D eigenvalue weighted by Crippen LogP contribution is -2.23. The lowest BCUT2D eigenvalue weighted by molar-refractivity contribution is 0.102. The fourth-order valence-corrected chi connectivity index (χ4v) is 2.48. The van der Waals surface area contributed by atoms with Gasteiger partial charge in [-0.3, -0.25) is 14.6 Å². The number of halogens is 1. The second-order valence-corrected chi connectivity index (χ2v) is 5.49. The van der Waals surface area contributed by atoms with E-state index >= 15 is 0 Å². The van der Waals surface area contributed by atoms with E-state index in [1.54, 1.807) is 7.11 Å². The Bertz CT molecular complexity index is 766. The summed E-state index contributed by atoms with van der Waals surface area (Å²) in [7, 11) is 1.56. The molecule has 0 spiro atoms. The zero-order chi connectivity index (χ0) is 16.8. The van der Waals surface area contributed by atoms with E-state index in [9.17, 15) is 14.0 Å². The normalized spacial score (nSPS) is 10.5. The molecule has 0 radical (unpaired) electrons. The van der Waals surface area contributed by atoms with Gasteiger partial charge in [-0.05, 0) is 12.1 Å². The zero-order valence-corrected chi connectivity index (χ0v) is 13.1. The lowest BCUT2D eigenvalue weighted by atomic mass is 10.2. The molecule has 0 bridgehead atoms. The number of aromatic amines is 1. The number of hydrogen-bond donors (Lipinski definition) is 3. The van der Waals surface area contributed by atoms with Gasteiger partial charge in [0.2, 0.25) is 0 Å². The van der Waals surface area contributed by atoms with Crippen LogP contribution in [0.15, 0.2) is 34.2 Å². The minimum absolute atomic E-state index is 0.140. The van der Waals surface area contributed by atoms with E-state index in [2.05, 4.69) is 15.3 Å². The van der Waals surface area contributed by atoms with Gasteiger partial charge in [-0.25, -0.2) is 9.37 Å². The molecule has 0 saturated heterocycles. The van der Waals surface area contributed by atoms with E-state index < -0.39 is 17.3 Å². The van der Waals surface area contributed by atoms with Crippen molar-refractivity contribution in [2.75, 3.05) is 30.5 Å². The third kappa shape index (κ3) is 4.30. The van der Waals surface area contributed by atoms with Crippen molar-refractivity contribution in [1.29, 1.82) is 0 Å². The molecule has 7 nitrogen and oxygen atoms in total. The summed E-state index contributed by atoms with van der Waals surface area (Å²) in [5, 5.41) is 2.60. The maximum absolute atomic E-state index is 13.6. The molecule has 0 aliphatic carbocycles. The number of nitrogens with zero attached hydrogens (tertiary/aromatic N) is 1. The number of methoxy groups -OCH3 is 1. The maximum Gasteiger partial charge on any atom is 0.277 e. The van der Waals surface area contributed by atoms with Crippen molar-refractivity contribution in [2.45, 2.75) is 5.16 Å². The Kier molecular flexibility index (Phi) is 5.72. The van der Waals surface area contributed by atoms with E-state index in [1.807, 2.05) is 0 Å². The van der Waals surface area contributed by atoms with Gasteiger partial charge in [0.25, 0.3) is 11.5 Å². The van der Waals surface area contributed by atoms with Crippen LogP contribution in [0.25, 0.3) is 0 Å². The number of carbonyl (C=O) groups excluding carboxylic acids is 1. The molecule has 0 aliphatic rings. The van der Waals surface area contributed by atoms with E-state index in [0.29, 0.717) is 17.5 Å². The van der Waals surface area contributed by atoms with Gasteiger partial charge in [0.05, 0.1) is 12.2 Å². The first-order valence-corrected chi connectivity index (χ1v) is 7.59. The molecule has 1 heterocycles. The van der Waals surface area contributed by atoms with Crippen LogP contribution in [0.4, 0.5) is 15.9 Å². The SMILES string of the molecule is COCCSc1nc(N)c(NC(=O)c2ccccc2F)c(=O)[nH]1. The molecular weight excluding hydrogens is 323 g/mol. The number of nitrogen functional groups attached to an aromatic ring is 1. The topological polar surface area (TPSA) is 110 Å². The number of carbonyl (C=O) groups is 1. The summed E-state index contributed by atoms with van der Waals surface area (Å²) in [5.74, 6) is -1.03. The third-order valence-electron chi connectivity index (χ3n) is 2.81. The Balaban J connectivity index is 2.19. The first kappa shape index (κ1) is 17.0. The zero-order valence-electron chi connectivity index (χ0n) is 12.3. The number of rotatable bonds is 6. The van der Waals surface area contributed by atoms with Crippen LogP contribution < -0.4 is 16.6 Å². The Morgan fingerprint density at radius 1 is 1.48 bits per heavy atom. The molecule has 1 aromatic carbocycles. The van der Waals surface area contributed by atoms with Crippen molar-refractivity contribution in [1.82, 2.24) is 9.97 Å². The van der Waals surface area contributed by atoms with Gasteiger partial charge < -0.3 is 15.8 Å². The number of benzene rings is 1. The largest absolute Gasteiger partial charge is 0.384 e. The number of nitrogens with two attached hydrogens (primary N) is 1. The predicted molar refractivity (Wildman–Crippen MR) is 86.2 cm³/mol. The molecule has 1 aromatic heterocycles. The quantitative estimate of drug-likeness (QED) is 0.418. The van der Waals surface area contributed by atoms with Crippen LogP contribution in [-0.2, 0) is 4.74 Å². The number of hydrogen-bond acceptors (Lipinski definition) is 6. The number of thioether (sulfide) groups is 1. The second-order valence-electron chi connectivity index (χ2n) is 4.41. The highest BCUT2D eigenvalue weighted by molar-refractivity contribution is 7.99. The molecular formula is C14H15FN4O3S. The van der Waals surface area contributed by atoms with Crippen molar-refractivity contribution in [3.05, 3.63) is 46.0 Å². The van der Waals surface area contributed by atoms with Crippen LogP contribution in [0.1, 0.15) is 10.4 Å². The van der Waals surface area contributed by atoms with Crippen molar-refractivity contribution >= 4 is 29.2 Å². The smallest absolute Gasteiger partial charge is 0.277 e. The van der Waals surface area contributed by atoms with Crippen molar-refractivity contribution in [2.24, 2.45) is 0 Å². The minimum Gasteiger partial charge on any atom is -0.384 e. The molecule has 0 atom stereocenters. The van der Waals surface area contributed by atoms with E-state index in [-0.39, 0.29) is 17.1 Å². The number of H-pyrrole nitrogens is 1. The molecule has 0 fully saturated rings. The second kappa shape index (κ2) is 7.75. The highest BCUT2D eigenvalue weighted by atomic mass is 32.2. The molecule has 2 rings (SSSR count). The van der Waals surface area contributed by atoms with Gasteiger partial charge in [0.15, 0.2) is 11.0 Å². The van der Waals surface area contributed by atoms with Gasteiger partial charge in [-0.15, -0.1) is 0 Å². The molecule has 2 aromatic rings. The highest BCUT2D eigenvalue weighted by Gasteiger charge is 2.16. The minimum atomic E-state index is -0.776. The number of aromatic nitrogens is 2. The van der Waals surface area contributed by atoms with Crippen LogP contribution >= 0.6 is 11.8 Å². The molecule has 122 valence electrons. The Morgan fingerprint density at radius 3 is 2.87 bits per heavy atom. The first-order valence-electron chi connectivity index (χ1n) is 6.60. The van der Waals surface area contributed by atoms with Crippen LogP contribution in [0.5, 0.6) is 0 Å². The van der Waals surface area contributed by atoms with Crippen molar-refractivity contribution < 1.29 is 13.9 Å². The van der Waals surface area contributed by atoms with E-state index in [0.717, 1.165) is 6.07 Å². The van der Waals surface area contributed by atoms with Crippen molar-refractivity contribution in [3.63, 3.8) is 0 Å². The average molecular weight is 338 g/mol. The molecule has 1 amide bonds. The number of anilines is 2. The van der Waals surface area contributed by atoms with E-state index in [1.165, 1.54) is 30.0 Å². The number of ether oxygens (including phenoxy) is 1. The molecule has 23 heavy (non-hydrogen) atoms. The van der Waals surface area contributed by atoms with Gasteiger partial charge in [-0.1, -0.05) is 23.9 Å². The van der Waals surface area contributed by atoms with Gasteiger partial charge in [0, 0.05) is 12.9 Å². The number of nitrogens with one attached hydrogen (secondary N) is 2. The summed E-state index contributed by atoms with van der Waals surface area (Å²) in [6, 6.07) is 5.42. The van der Waals surface area contributed by atoms with Gasteiger partial charge >= 0.3 is 0 Å². The summed E-state index contributed by atoms with van der Waals surface area (Å²) < 4.78 is 18.5. The average Bonchev–Trinajstić information content (AvgIpc) is 2.51. The maximum atomic E-state index is 13.6. The fourth-order valence-electron chi connectivity index (χ4n) is 1.71. The summed E-state index contributed by atoms with van der Waals surface area (Å²) in [6.45, 7) is 0.486. The molecule has 0 aliphatic heterocycles. The molecule has 0 saturated carbocycles. The third-order valence-corrected chi connectivity index (χ3v) is 3.65.